The molecule has 0 saturated heterocycles. The summed E-state index contributed by atoms with van der Waals surface area (Å²) >= 11 is 0. The van der Waals surface area contributed by atoms with Crippen LogP contribution in [-0.2, 0) is 11.0 Å². The van der Waals surface area contributed by atoms with Crippen LogP contribution in [0.25, 0.3) is 0 Å². The van der Waals surface area contributed by atoms with Crippen molar-refractivity contribution >= 4 is 5.97 Å². The summed E-state index contributed by atoms with van der Waals surface area (Å²) in [7, 11) is 0. The van der Waals surface area contributed by atoms with E-state index in [2.05, 4.69) is 11.8 Å². The molecule has 0 spiro atoms. The first-order chi connectivity index (χ1) is 14.2. The minimum Gasteiger partial charge on any atom is -0.493 e. The van der Waals surface area contributed by atoms with Crippen LogP contribution in [0, 0.1) is 11.8 Å². The molecule has 0 aliphatic carbocycles. The van der Waals surface area contributed by atoms with Crippen molar-refractivity contribution in [3.05, 3.63) is 59.7 Å². The number of carbonyl (C=O) groups is 1. The zero-order chi connectivity index (χ0) is 22.1. The molecule has 2 atom stereocenters. The molecule has 0 fully saturated rings. The molecule has 7 heteroatoms. The molecule has 1 N–H and O–H groups in total. The van der Waals surface area contributed by atoms with Gasteiger partial charge in [-0.2, -0.15) is 13.2 Å². The maximum Gasteiger partial charge on any atom is 0.416 e. The van der Waals surface area contributed by atoms with Crippen LogP contribution in [0.15, 0.2) is 48.5 Å². The number of aliphatic carboxylic acids is 1. The Bertz CT molecular complexity index is 878. The standard InChI is InChI=1S/C23H23F3O4/c1-3-4-18(15-22(27)28)17-5-9-21(10-6-17)30-16(2)13-14-29-20-11-7-19(8-12-20)23(24,25)26/h5-12,16,18H,13-15H2,1-2H3,(H,27,28). The highest BCUT2D eigenvalue weighted by atomic mass is 19.4. The largest absolute Gasteiger partial charge is 0.493 e. The highest BCUT2D eigenvalue weighted by Crippen LogP contribution is 2.30. The topological polar surface area (TPSA) is 55.8 Å². The van der Waals surface area contributed by atoms with Crippen LogP contribution in [0.1, 0.15) is 43.7 Å². The van der Waals surface area contributed by atoms with Crippen molar-refractivity contribution in [1.29, 1.82) is 0 Å². The van der Waals surface area contributed by atoms with Gasteiger partial charge in [-0.3, -0.25) is 4.79 Å². The molecule has 0 radical (unpaired) electrons. The fraction of sp³-hybridized carbons (Fsp3) is 0.348. The Morgan fingerprint density at radius 1 is 1.07 bits per heavy atom. The Balaban J connectivity index is 1.83. The maximum absolute atomic E-state index is 12.6. The van der Waals surface area contributed by atoms with Crippen molar-refractivity contribution in [1.82, 2.24) is 0 Å². The maximum atomic E-state index is 12.6. The van der Waals surface area contributed by atoms with Gasteiger partial charge in [-0.05, 0) is 55.8 Å². The quantitative estimate of drug-likeness (QED) is 0.543. The van der Waals surface area contributed by atoms with Crippen LogP contribution in [0.3, 0.4) is 0 Å². The summed E-state index contributed by atoms with van der Waals surface area (Å²) in [6.07, 6.45) is -4.09. The molecule has 30 heavy (non-hydrogen) atoms. The predicted octanol–water partition coefficient (Wildman–Crippen LogP) is 5.52. The van der Waals surface area contributed by atoms with Gasteiger partial charge in [-0.15, -0.1) is 5.92 Å². The molecule has 2 aromatic carbocycles. The van der Waals surface area contributed by atoms with Gasteiger partial charge in [0.25, 0.3) is 0 Å². The van der Waals surface area contributed by atoms with Gasteiger partial charge in [0.2, 0.25) is 0 Å². The normalized spacial score (nSPS) is 13.0. The van der Waals surface area contributed by atoms with Crippen molar-refractivity contribution in [3.63, 3.8) is 0 Å². The van der Waals surface area contributed by atoms with Gasteiger partial charge >= 0.3 is 12.1 Å². The highest BCUT2D eigenvalue weighted by Gasteiger charge is 2.30. The number of benzene rings is 2. The zero-order valence-electron chi connectivity index (χ0n) is 16.7. The molecular formula is C23H23F3O4. The lowest BCUT2D eigenvalue weighted by Crippen LogP contribution is -2.16. The number of carboxylic acid groups (broad SMARTS) is 1. The molecule has 160 valence electrons. The second-order valence-corrected chi connectivity index (χ2v) is 6.70. The van der Waals surface area contributed by atoms with Crippen molar-refractivity contribution in [2.45, 2.75) is 44.9 Å². The smallest absolute Gasteiger partial charge is 0.416 e. The summed E-state index contributed by atoms with van der Waals surface area (Å²) in [4.78, 5) is 11.0. The van der Waals surface area contributed by atoms with E-state index in [1.54, 1.807) is 31.2 Å². The average molecular weight is 420 g/mol. The molecule has 0 bridgehead atoms. The highest BCUT2D eigenvalue weighted by molar-refractivity contribution is 5.69. The minimum atomic E-state index is -4.37. The molecule has 0 amide bonds. The lowest BCUT2D eigenvalue weighted by atomic mass is 9.96. The van der Waals surface area contributed by atoms with Gasteiger partial charge < -0.3 is 14.6 Å². The van der Waals surface area contributed by atoms with Gasteiger partial charge in [0, 0.05) is 6.42 Å². The van der Waals surface area contributed by atoms with E-state index >= 15 is 0 Å². The van der Waals surface area contributed by atoms with Gasteiger partial charge in [-0.25, -0.2) is 0 Å². The number of halogens is 3. The average Bonchev–Trinajstić information content (AvgIpc) is 2.68. The summed E-state index contributed by atoms with van der Waals surface area (Å²) in [5, 5.41) is 9.01. The van der Waals surface area contributed by atoms with Gasteiger partial charge in [0.05, 0.1) is 30.6 Å². The number of hydrogen-bond donors (Lipinski definition) is 1. The second kappa shape index (κ2) is 10.6. The monoisotopic (exact) mass is 420 g/mol. The summed E-state index contributed by atoms with van der Waals surface area (Å²) in [6, 6.07) is 11.6. The Kier molecular flexibility index (Phi) is 8.16. The fourth-order valence-corrected chi connectivity index (χ4v) is 2.75. The van der Waals surface area contributed by atoms with Crippen LogP contribution in [0.2, 0.25) is 0 Å². The Morgan fingerprint density at radius 3 is 2.20 bits per heavy atom. The molecule has 0 aliphatic heterocycles. The Morgan fingerprint density at radius 2 is 1.67 bits per heavy atom. The van der Waals surface area contributed by atoms with E-state index in [0.29, 0.717) is 17.9 Å². The summed E-state index contributed by atoms with van der Waals surface area (Å²) in [5.74, 6) is 5.34. The van der Waals surface area contributed by atoms with E-state index in [0.717, 1.165) is 17.7 Å². The Hall–Kier alpha value is -3.14. The predicted molar refractivity (Wildman–Crippen MR) is 107 cm³/mol. The zero-order valence-corrected chi connectivity index (χ0v) is 16.7. The van der Waals surface area contributed by atoms with Crippen LogP contribution in [0.4, 0.5) is 13.2 Å². The van der Waals surface area contributed by atoms with Crippen LogP contribution < -0.4 is 9.47 Å². The summed E-state index contributed by atoms with van der Waals surface area (Å²) < 4.78 is 49.0. The summed E-state index contributed by atoms with van der Waals surface area (Å²) in [5.41, 5.74) is 0.0860. The molecule has 2 rings (SSSR count). The fourth-order valence-electron chi connectivity index (χ4n) is 2.75. The summed E-state index contributed by atoms with van der Waals surface area (Å²) in [6.45, 7) is 3.82. The lowest BCUT2D eigenvalue weighted by Gasteiger charge is -2.16. The van der Waals surface area contributed by atoms with E-state index in [1.807, 2.05) is 6.92 Å². The van der Waals surface area contributed by atoms with Crippen LogP contribution in [0.5, 0.6) is 11.5 Å². The molecule has 0 saturated carbocycles. The SMILES string of the molecule is CC#CC(CC(=O)O)c1ccc(OC(C)CCOc2ccc(C(F)(F)F)cc2)cc1. The molecule has 4 nitrogen and oxygen atoms in total. The number of hydrogen-bond acceptors (Lipinski definition) is 3. The third-order valence-electron chi connectivity index (χ3n) is 4.29. The van der Waals surface area contributed by atoms with Crippen LogP contribution in [-0.4, -0.2) is 23.8 Å². The first-order valence-electron chi connectivity index (χ1n) is 9.39. The molecule has 2 aromatic rings. The number of alkyl halides is 3. The van der Waals surface area contributed by atoms with Gasteiger partial charge in [-0.1, -0.05) is 18.1 Å². The first kappa shape index (κ1) is 23.1. The van der Waals surface area contributed by atoms with E-state index in [4.69, 9.17) is 14.6 Å². The molecule has 0 aliphatic rings. The van der Waals surface area contributed by atoms with Gasteiger partial charge in [0.1, 0.15) is 11.5 Å². The number of carboxylic acids is 1. The van der Waals surface area contributed by atoms with Gasteiger partial charge in [0.15, 0.2) is 0 Å². The first-order valence-corrected chi connectivity index (χ1v) is 9.39. The van der Waals surface area contributed by atoms with Crippen LogP contribution >= 0.6 is 0 Å². The van der Waals surface area contributed by atoms with E-state index in [9.17, 15) is 18.0 Å². The molecule has 0 aromatic heterocycles. The van der Waals surface area contributed by atoms with Crippen molar-refractivity contribution < 1.29 is 32.5 Å². The van der Waals surface area contributed by atoms with E-state index < -0.39 is 17.7 Å². The molecular weight excluding hydrogens is 397 g/mol. The van der Waals surface area contributed by atoms with E-state index in [1.165, 1.54) is 12.1 Å². The third kappa shape index (κ3) is 7.36. The number of rotatable bonds is 9. The second-order valence-electron chi connectivity index (χ2n) is 6.70. The molecule has 0 heterocycles. The lowest BCUT2D eigenvalue weighted by molar-refractivity contribution is -0.138. The number of ether oxygens (including phenoxy) is 2. The molecule has 2 unspecified atom stereocenters. The third-order valence-corrected chi connectivity index (χ3v) is 4.29. The Labute approximate surface area is 173 Å². The minimum absolute atomic E-state index is 0.0707. The van der Waals surface area contributed by atoms with Crippen molar-refractivity contribution in [2.24, 2.45) is 0 Å². The van der Waals surface area contributed by atoms with Crippen molar-refractivity contribution in [2.75, 3.05) is 6.61 Å². The van der Waals surface area contributed by atoms with Crippen molar-refractivity contribution in [3.8, 4) is 23.3 Å². The van der Waals surface area contributed by atoms with E-state index in [-0.39, 0.29) is 25.0 Å².